The Balaban J connectivity index is 2.14. The van der Waals surface area contributed by atoms with Gasteiger partial charge >= 0.3 is 0 Å². The van der Waals surface area contributed by atoms with E-state index >= 15 is 0 Å². The summed E-state index contributed by atoms with van der Waals surface area (Å²) in [6, 6.07) is 2.10. The van der Waals surface area contributed by atoms with Gasteiger partial charge < -0.3 is 14.8 Å². The van der Waals surface area contributed by atoms with Gasteiger partial charge in [-0.1, -0.05) is 29.8 Å². The number of rotatable bonds is 2. The quantitative estimate of drug-likeness (QED) is 0.888. The fourth-order valence-electron chi connectivity index (χ4n) is 3.20. The highest BCUT2D eigenvalue weighted by Crippen LogP contribution is 2.46. The van der Waals surface area contributed by atoms with Crippen LogP contribution in [0.15, 0.2) is 10.5 Å². The predicted octanol–water partition coefficient (Wildman–Crippen LogP) is 3.81. The van der Waals surface area contributed by atoms with Crippen LogP contribution in [0.1, 0.15) is 49.7 Å². The van der Waals surface area contributed by atoms with Crippen LogP contribution in [0, 0.1) is 0 Å². The molecule has 2 aliphatic rings. The number of halogens is 1. The number of nitrogens with one attached hydrogen (secondary N) is 1. The molecule has 0 radical (unpaired) electrons. The summed E-state index contributed by atoms with van der Waals surface area (Å²) >= 11 is 3.77. The zero-order valence-corrected chi connectivity index (χ0v) is 13.8. The van der Waals surface area contributed by atoms with Gasteiger partial charge in [-0.15, -0.1) is 0 Å². The first-order valence-electron chi connectivity index (χ1n) is 7.51. The molecule has 0 spiro atoms. The second kappa shape index (κ2) is 5.94. The van der Waals surface area contributed by atoms with Gasteiger partial charge in [-0.2, -0.15) is 0 Å². The van der Waals surface area contributed by atoms with Crippen LogP contribution in [-0.4, -0.2) is 26.3 Å². The molecule has 2 heterocycles. The molecule has 1 aromatic rings. The van der Waals surface area contributed by atoms with Crippen LogP contribution in [0.4, 0.5) is 0 Å². The fraction of sp³-hybridized carbons (Fsp3) is 0.625. The smallest absolute Gasteiger partial charge is 0.164 e. The second-order valence-corrected chi connectivity index (χ2v) is 6.76. The monoisotopic (exact) mass is 339 g/mol. The Bertz CT molecular complexity index is 496. The van der Waals surface area contributed by atoms with Crippen LogP contribution in [-0.2, 0) is 0 Å². The Morgan fingerprint density at radius 2 is 2.10 bits per heavy atom. The van der Waals surface area contributed by atoms with Crippen molar-refractivity contribution in [2.45, 2.75) is 38.5 Å². The molecule has 1 atom stereocenters. The lowest BCUT2D eigenvalue weighted by Crippen LogP contribution is -2.12. The molecule has 0 saturated carbocycles. The first kappa shape index (κ1) is 14.2. The number of ether oxygens (including phenoxy) is 2. The van der Waals surface area contributed by atoms with E-state index in [9.17, 15) is 0 Å². The maximum absolute atomic E-state index is 6.03. The molecule has 4 heteroatoms. The van der Waals surface area contributed by atoms with Crippen LogP contribution in [0.5, 0.6) is 11.5 Å². The average Bonchev–Trinajstić information content (AvgIpc) is 2.83. The van der Waals surface area contributed by atoms with Gasteiger partial charge in [-0.25, -0.2) is 0 Å². The molecule has 0 aliphatic carbocycles. The zero-order chi connectivity index (χ0) is 14.1. The van der Waals surface area contributed by atoms with Crippen LogP contribution in [0.2, 0.25) is 0 Å². The molecule has 3 rings (SSSR count). The number of hydrogen-bond acceptors (Lipinski definition) is 3. The predicted molar refractivity (Wildman–Crippen MR) is 84.1 cm³/mol. The summed E-state index contributed by atoms with van der Waals surface area (Å²) in [4.78, 5) is 0. The molecular weight excluding hydrogens is 318 g/mol. The largest absolute Gasteiger partial charge is 0.490 e. The van der Waals surface area contributed by atoms with Gasteiger partial charge in [0.25, 0.3) is 0 Å². The Morgan fingerprint density at radius 3 is 2.80 bits per heavy atom. The van der Waals surface area contributed by atoms with Crippen molar-refractivity contribution in [3.8, 4) is 11.5 Å². The minimum atomic E-state index is 0.429. The highest BCUT2D eigenvalue weighted by molar-refractivity contribution is 9.10. The molecule has 3 nitrogen and oxygen atoms in total. The number of benzene rings is 1. The third-order valence-electron chi connectivity index (χ3n) is 4.11. The third-order valence-corrected chi connectivity index (χ3v) is 4.77. The highest BCUT2D eigenvalue weighted by Gasteiger charge is 2.29. The van der Waals surface area contributed by atoms with Crippen molar-refractivity contribution < 1.29 is 9.47 Å². The number of fused-ring (bicyclic) bond motifs is 1. The van der Waals surface area contributed by atoms with Gasteiger partial charge in [-0.3, -0.25) is 0 Å². The molecule has 0 amide bonds. The molecule has 2 aliphatic heterocycles. The standard InChI is InChI=1S/C16H22BrNO2/c1-10(2)14-15(11-4-5-18-9-11)12(17)8-13-16(14)20-7-3-6-19-13/h8,10-11,18H,3-7,9H2,1-2H3. The molecule has 1 saturated heterocycles. The van der Waals surface area contributed by atoms with Gasteiger partial charge in [0.2, 0.25) is 0 Å². The van der Waals surface area contributed by atoms with E-state index < -0.39 is 0 Å². The molecule has 1 N–H and O–H groups in total. The summed E-state index contributed by atoms with van der Waals surface area (Å²) in [5.74, 6) is 2.87. The van der Waals surface area contributed by atoms with Gasteiger partial charge in [-0.05, 0) is 36.4 Å². The SMILES string of the molecule is CC(C)c1c2c(cc(Br)c1C1CCNC1)OCCCO2. The lowest BCUT2D eigenvalue weighted by atomic mass is 9.87. The lowest BCUT2D eigenvalue weighted by Gasteiger charge is -2.24. The van der Waals surface area contributed by atoms with E-state index in [1.807, 2.05) is 0 Å². The topological polar surface area (TPSA) is 30.5 Å². The van der Waals surface area contributed by atoms with Crippen LogP contribution >= 0.6 is 15.9 Å². The van der Waals surface area contributed by atoms with E-state index in [2.05, 4.69) is 41.2 Å². The first-order chi connectivity index (χ1) is 9.68. The van der Waals surface area contributed by atoms with Crippen molar-refractivity contribution in [3.63, 3.8) is 0 Å². The van der Waals surface area contributed by atoms with Crippen molar-refractivity contribution >= 4 is 15.9 Å². The van der Waals surface area contributed by atoms with E-state index in [1.54, 1.807) is 0 Å². The minimum Gasteiger partial charge on any atom is -0.490 e. The number of hydrogen-bond donors (Lipinski definition) is 1. The molecule has 110 valence electrons. The molecule has 0 bridgehead atoms. The van der Waals surface area contributed by atoms with Crippen molar-refractivity contribution in [2.24, 2.45) is 0 Å². The van der Waals surface area contributed by atoms with Crippen molar-refractivity contribution in [3.05, 3.63) is 21.7 Å². The Kier molecular flexibility index (Phi) is 4.22. The molecule has 20 heavy (non-hydrogen) atoms. The van der Waals surface area contributed by atoms with E-state index in [0.717, 1.165) is 44.2 Å². The fourth-order valence-corrected chi connectivity index (χ4v) is 3.95. The van der Waals surface area contributed by atoms with E-state index in [-0.39, 0.29) is 0 Å². The summed E-state index contributed by atoms with van der Waals surface area (Å²) < 4.78 is 13.1. The van der Waals surface area contributed by atoms with Crippen LogP contribution in [0.25, 0.3) is 0 Å². The van der Waals surface area contributed by atoms with Crippen molar-refractivity contribution in [2.75, 3.05) is 26.3 Å². The van der Waals surface area contributed by atoms with Crippen molar-refractivity contribution in [1.82, 2.24) is 5.32 Å². The van der Waals surface area contributed by atoms with Crippen LogP contribution in [0.3, 0.4) is 0 Å². The average molecular weight is 340 g/mol. The molecule has 0 aromatic heterocycles. The zero-order valence-electron chi connectivity index (χ0n) is 12.2. The Labute approximate surface area is 129 Å². The second-order valence-electron chi connectivity index (χ2n) is 5.91. The van der Waals surface area contributed by atoms with E-state index in [0.29, 0.717) is 11.8 Å². The summed E-state index contributed by atoms with van der Waals surface area (Å²) in [5, 5.41) is 3.46. The molecule has 1 fully saturated rings. The maximum Gasteiger partial charge on any atom is 0.164 e. The normalized spacial score (nSPS) is 22.1. The van der Waals surface area contributed by atoms with Gasteiger partial charge in [0.15, 0.2) is 11.5 Å². The summed E-state index contributed by atoms with van der Waals surface area (Å²) in [7, 11) is 0. The van der Waals surface area contributed by atoms with E-state index in [1.165, 1.54) is 22.0 Å². The van der Waals surface area contributed by atoms with E-state index in [4.69, 9.17) is 9.47 Å². The first-order valence-corrected chi connectivity index (χ1v) is 8.30. The van der Waals surface area contributed by atoms with Crippen molar-refractivity contribution in [1.29, 1.82) is 0 Å². The Morgan fingerprint density at radius 1 is 1.30 bits per heavy atom. The van der Waals surface area contributed by atoms with Gasteiger partial charge in [0, 0.05) is 23.0 Å². The summed E-state index contributed by atoms with van der Waals surface area (Å²) in [6.07, 6.45) is 2.14. The molecule has 1 unspecified atom stereocenters. The maximum atomic E-state index is 6.03. The Hall–Kier alpha value is -0.740. The summed E-state index contributed by atoms with van der Waals surface area (Å²) in [6.45, 7) is 8.11. The third kappa shape index (κ3) is 2.56. The van der Waals surface area contributed by atoms with Gasteiger partial charge in [0.05, 0.1) is 13.2 Å². The summed E-state index contributed by atoms with van der Waals surface area (Å²) in [5.41, 5.74) is 2.74. The lowest BCUT2D eigenvalue weighted by molar-refractivity contribution is 0.295. The van der Waals surface area contributed by atoms with Crippen LogP contribution < -0.4 is 14.8 Å². The highest BCUT2D eigenvalue weighted by atomic mass is 79.9. The minimum absolute atomic E-state index is 0.429. The molecular formula is C16H22BrNO2. The molecule has 1 aromatic carbocycles. The van der Waals surface area contributed by atoms with Gasteiger partial charge in [0.1, 0.15) is 0 Å².